The molecule has 0 unspecified atom stereocenters. The van der Waals surface area contributed by atoms with Gasteiger partial charge in [-0.1, -0.05) is 6.92 Å². The third-order valence-corrected chi connectivity index (χ3v) is 3.98. The molecule has 2 aromatic rings. The van der Waals surface area contributed by atoms with E-state index in [1.807, 2.05) is 4.90 Å². The smallest absolute Gasteiger partial charge is 0.360 e. The molecule has 0 amide bonds. The quantitative estimate of drug-likeness (QED) is 0.914. The standard InChI is InChI=1S/C15H18FN5O2/c1-2-19-7-9-20(10-8-19)14-13(15(22)23)17-21(18-14)12-5-3-11(16)4-6-12/h3-6H,2,7-10H2,1H3,(H,22,23). The zero-order chi connectivity index (χ0) is 16.4. The Balaban J connectivity index is 1.90. The maximum Gasteiger partial charge on any atom is 0.360 e. The maximum absolute atomic E-state index is 13.0. The molecule has 0 bridgehead atoms. The van der Waals surface area contributed by atoms with Crippen LogP contribution in [0.15, 0.2) is 24.3 Å². The van der Waals surface area contributed by atoms with Crippen molar-refractivity contribution in [2.75, 3.05) is 37.6 Å². The highest BCUT2D eigenvalue weighted by Crippen LogP contribution is 2.20. The first-order chi connectivity index (χ1) is 11.1. The van der Waals surface area contributed by atoms with Crippen LogP contribution in [0.1, 0.15) is 17.4 Å². The SMILES string of the molecule is CCN1CCN(c2nn(-c3ccc(F)cc3)nc2C(=O)O)CC1. The third-order valence-electron chi connectivity index (χ3n) is 3.98. The normalized spacial score (nSPS) is 15.8. The first-order valence-electron chi connectivity index (χ1n) is 7.52. The van der Waals surface area contributed by atoms with Crippen molar-refractivity contribution in [1.82, 2.24) is 19.9 Å². The van der Waals surface area contributed by atoms with Gasteiger partial charge >= 0.3 is 5.97 Å². The molecule has 1 aliphatic heterocycles. The minimum atomic E-state index is -1.12. The van der Waals surface area contributed by atoms with Gasteiger partial charge < -0.3 is 14.9 Å². The van der Waals surface area contributed by atoms with Gasteiger partial charge in [-0.3, -0.25) is 0 Å². The van der Waals surface area contributed by atoms with Crippen LogP contribution in [0.25, 0.3) is 5.69 Å². The third kappa shape index (κ3) is 3.16. The minimum Gasteiger partial charge on any atom is -0.476 e. The van der Waals surface area contributed by atoms with Crippen LogP contribution in [0.3, 0.4) is 0 Å². The molecule has 1 N–H and O–H groups in total. The van der Waals surface area contributed by atoms with Crippen molar-refractivity contribution in [2.24, 2.45) is 0 Å². The van der Waals surface area contributed by atoms with Gasteiger partial charge in [0.25, 0.3) is 0 Å². The summed E-state index contributed by atoms with van der Waals surface area (Å²) >= 11 is 0. The van der Waals surface area contributed by atoms with Crippen LogP contribution in [-0.4, -0.2) is 63.7 Å². The van der Waals surface area contributed by atoms with Gasteiger partial charge in [0.05, 0.1) is 5.69 Å². The van der Waals surface area contributed by atoms with Crippen molar-refractivity contribution in [3.63, 3.8) is 0 Å². The van der Waals surface area contributed by atoms with Crippen LogP contribution in [-0.2, 0) is 0 Å². The minimum absolute atomic E-state index is 0.0840. The predicted molar refractivity (Wildman–Crippen MR) is 82.6 cm³/mol. The van der Waals surface area contributed by atoms with Gasteiger partial charge in [0.1, 0.15) is 5.82 Å². The molecular formula is C15H18FN5O2. The lowest BCUT2D eigenvalue weighted by Gasteiger charge is -2.34. The molecule has 8 heteroatoms. The second-order valence-corrected chi connectivity index (χ2v) is 5.36. The van der Waals surface area contributed by atoms with E-state index in [1.54, 1.807) is 0 Å². The molecule has 122 valence electrons. The largest absolute Gasteiger partial charge is 0.476 e. The van der Waals surface area contributed by atoms with E-state index in [0.29, 0.717) is 24.6 Å². The fourth-order valence-electron chi connectivity index (χ4n) is 2.62. The Morgan fingerprint density at radius 3 is 2.39 bits per heavy atom. The summed E-state index contributed by atoms with van der Waals surface area (Å²) in [5.74, 6) is -1.13. The second-order valence-electron chi connectivity index (χ2n) is 5.36. The van der Waals surface area contributed by atoms with Crippen LogP contribution in [0.4, 0.5) is 10.2 Å². The Morgan fingerprint density at radius 2 is 1.83 bits per heavy atom. The number of carboxylic acid groups (broad SMARTS) is 1. The summed E-state index contributed by atoms with van der Waals surface area (Å²) in [7, 11) is 0. The summed E-state index contributed by atoms with van der Waals surface area (Å²) in [6.45, 7) is 6.20. The molecule has 7 nitrogen and oxygen atoms in total. The average molecular weight is 319 g/mol. The van der Waals surface area contributed by atoms with Crippen molar-refractivity contribution in [2.45, 2.75) is 6.92 Å². The Morgan fingerprint density at radius 1 is 1.17 bits per heavy atom. The number of piperazine rings is 1. The van der Waals surface area contributed by atoms with Crippen LogP contribution in [0.5, 0.6) is 0 Å². The number of hydrogen-bond acceptors (Lipinski definition) is 5. The van der Waals surface area contributed by atoms with Gasteiger partial charge in [0, 0.05) is 26.2 Å². The van der Waals surface area contributed by atoms with E-state index < -0.39 is 5.97 Å². The monoisotopic (exact) mass is 319 g/mol. The molecule has 0 aliphatic carbocycles. The molecule has 23 heavy (non-hydrogen) atoms. The highest BCUT2D eigenvalue weighted by molar-refractivity contribution is 5.91. The number of carbonyl (C=O) groups is 1. The Bertz CT molecular complexity index is 692. The molecule has 1 aromatic heterocycles. The highest BCUT2D eigenvalue weighted by Gasteiger charge is 2.26. The lowest BCUT2D eigenvalue weighted by Crippen LogP contribution is -2.46. The lowest BCUT2D eigenvalue weighted by atomic mass is 10.3. The molecule has 1 aliphatic rings. The van der Waals surface area contributed by atoms with Gasteiger partial charge in [-0.15, -0.1) is 15.0 Å². The molecule has 3 rings (SSSR count). The second kappa shape index (κ2) is 6.33. The molecule has 1 aromatic carbocycles. The summed E-state index contributed by atoms with van der Waals surface area (Å²) in [4.78, 5) is 16.9. The van der Waals surface area contributed by atoms with Gasteiger partial charge in [-0.05, 0) is 30.8 Å². The number of benzene rings is 1. The van der Waals surface area contributed by atoms with Gasteiger partial charge in [0.15, 0.2) is 5.82 Å². The van der Waals surface area contributed by atoms with Crippen molar-refractivity contribution in [3.05, 3.63) is 35.8 Å². The van der Waals surface area contributed by atoms with E-state index in [1.165, 1.54) is 29.1 Å². The van der Waals surface area contributed by atoms with Crippen LogP contribution in [0.2, 0.25) is 0 Å². The van der Waals surface area contributed by atoms with Gasteiger partial charge in [-0.2, -0.15) is 0 Å². The molecule has 0 spiro atoms. The van der Waals surface area contributed by atoms with Crippen LogP contribution < -0.4 is 4.90 Å². The molecule has 2 heterocycles. The molecule has 1 fully saturated rings. The van der Waals surface area contributed by atoms with Crippen molar-refractivity contribution in [1.29, 1.82) is 0 Å². The van der Waals surface area contributed by atoms with Crippen LogP contribution in [0, 0.1) is 5.82 Å². The van der Waals surface area contributed by atoms with E-state index in [0.717, 1.165) is 19.6 Å². The number of anilines is 1. The zero-order valence-electron chi connectivity index (χ0n) is 12.8. The zero-order valence-corrected chi connectivity index (χ0v) is 12.8. The Labute approximate surface area is 132 Å². The number of aromatic nitrogens is 3. The van der Waals surface area contributed by atoms with E-state index in [4.69, 9.17) is 0 Å². The number of rotatable bonds is 4. The fraction of sp³-hybridized carbons (Fsp3) is 0.400. The lowest BCUT2D eigenvalue weighted by molar-refractivity contribution is 0.0690. The summed E-state index contributed by atoms with van der Waals surface area (Å²) in [6.07, 6.45) is 0. The van der Waals surface area contributed by atoms with Crippen molar-refractivity contribution < 1.29 is 14.3 Å². The highest BCUT2D eigenvalue weighted by atomic mass is 19.1. The predicted octanol–water partition coefficient (Wildman–Crippen LogP) is 1.25. The van der Waals surface area contributed by atoms with E-state index >= 15 is 0 Å². The number of aromatic carboxylic acids is 1. The topological polar surface area (TPSA) is 74.5 Å². The van der Waals surface area contributed by atoms with E-state index in [2.05, 4.69) is 22.0 Å². The van der Waals surface area contributed by atoms with Gasteiger partial charge in [0.2, 0.25) is 5.69 Å². The van der Waals surface area contributed by atoms with E-state index in [9.17, 15) is 14.3 Å². The average Bonchev–Trinajstić information content (AvgIpc) is 3.01. The van der Waals surface area contributed by atoms with Crippen LogP contribution >= 0.6 is 0 Å². The molecule has 1 saturated heterocycles. The van der Waals surface area contributed by atoms with E-state index in [-0.39, 0.29) is 11.5 Å². The number of halogens is 1. The van der Waals surface area contributed by atoms with Gasteiger partial charge in [-0.25, -0.2) is 9.18 Å². The number of likely N-dealkylation sites (N-methyl/N-ethyl adjacent to an activating group) is 1. The summed E-state index contributed by atoms with van der Waals surface area (Å²) in [5, 5.41) is 17.8. The van der Waals surface area contributed by atoms with Crippen molar-refractivity contribution >= 4 is 11.8 Å². The summed E-state index contributed by atoms with van der Waals surface area (Å²) < 4.78 is 13.0. The van der Waals surface area contributed by atoms with Crippen molar-refractivity contribution in [3.8, 4) is 5.69 Å². The maximum atomic E-state index is 13.0. The first-order valence-corrected chi connectivity index (χ1v) is 7.52. The molecule has 0 radical (unpaired) electrons. The molecular weight excluding hydrogens is 301 g/mol. The molecule has 0 atom stereocenters. The number of hydrogen-bond donors (Lipinski definition) is 1. The molecule has 0 saturated carbocycles. The summed E-state index contributed by atoms with van der Waals surface area (Å²) in [5.41, 5.74) is 0.437. The Hall–Kier alpha value is -2.48. The number of nitrogens with zero attached hydrogens (tertiary/aromatic N) is 5. The number of carboxylic acids is 1. The summed E-state index contributed by atoms with van der Waals surface area (Å²) in [6, 6.07) is 5.61. The Kier molecular flexibility index (Phi) is 4.24. The first kappa shape index (κ1) is 15.4. The fourth-order valence-corrected chi connectivity index (χ4v) is 2.62.